The number of carbonyl (C=O) groups excluding carboxylic acids is 1. The molecule has 0 radical (unpaired) electrons. The maximum absolute atomic E-state index is 13.4. The van der Waals surface area contributed by atoms with Crippen LogP contribution in [0.15, 0.2) is 70.1 Å². The number of aromatic hydroxyl groups is 2. The molecule has 2 aromatic heterocycles. The number of fused-ring (bicyclic) bond motifs is 1. The number of likely N-dealkylation sites (N-methyl/N-ethyl adjacent to an activating group) is 1. The Morgan fingerprint density at radius 2 is 1.77 bits per heavy atom. The SMILES string of the molecule is CN1CC[C@H](c2c(O)cc(O)c3c(=O)cc(-c4ccccc4Cl)oc23)[C@H](OC(=O)C2CCN(c3ccncc3)C2)C1.Cl.Cl. The summed E-state index contributed by atoms with van der Waals surface area (Å²) in [6.45, 7) is 2.39. The molecule has 0 amide bonds. The number of pyridine rings is 1. The molecule has 1 unspecified atom stereocenters. The Morgan fingerprint density at radius 3 is 2.51 bits per heavy atom. The molecule has 4 heterocycles. The summed E-state index contributed by atoms with van der Waals surface area (Å²) in [5.74, 6) is -1.47. The molecule has 2 aliphatic heterocycles. The van der Waals surface area contributed by atoms with Crippen LogP contribution in [0.3, 0.4) is 0 Å². The molecule has 2 N–H and O–H groups in total. The summed E-state index contributed by atoms with van der Waals surface area (Å²) in [6.07, 6.45) is 4.05. The average Bonchev–Trinajstić information content (AvgIpc) is 3.45. The molecule has 0 aliphatic carbocycles. The van der Waals surface area contributed by atoms with Gasteiger partial charge in [-0.05, 0) is 50.7 Å². The molecule has 4 aromatic rings. The number of aromatic nitrogens is 1. The van der Waals surface area contributed by atoms with E-state index < -0.39 is 17.5 Å². The number of ether oxygens (including phenoxy) is 1. The lowest BCUT2D eigenvalue weighted by molar-refractivity contribution is -0.156. The number of nitrogens with zero attached hydrogens (tertiary/aromatic N) is 3. The highest BCUT2D eigenvalue weighted by Gasteiger charge is 2.39. The van der Waals surface area contributed by atoms with Gasteiger partial charge in [-0.25, -0.2) is 0 Å². The van der Waals surface area contributed by atoms with E-state index >= 15 is 0 Å². The van der Waals surface area contributed by atoms with Crippen molar-refractivity contribution in [2.75, 3.05) is 38.1 Å². The first-order valence-electron chi connectivity index (χ1n) is 13.6. The summed E-state index contributed by atoms with van der Waals surface area (Å²) >= 11 is 6.39. The van der Waals surface area contributed by atoms with Crippen molar-refractivity contribution >= 4 is 59.0 Å². The average molecular weight is 649 g/mol. The molecule has 0 saturated carbocycles. The number of hydrogen-bond donors (Lipinski definition) is 2. The van der Waals surface area contributed by atoms with Crippen LogP contribution in [0.4, 0.5) is 5.69 Å². The Labute approximate surface area is 265 Å². The minimum atomic E-state index is -0.607. The summed E-state index contributed by atoms with van der Waals surface area (Å²) in [7, 11) is 1.95. The summed E-state index contributed by atoms with van der Waals surface area (Å²) in [5, 5.41) is 22.1. The van der Waals surface area contributed by atoms with Crippen molar-refractivity contribution in [3.05, 3.63) is 81.7 Å². The summed E-state index contributed by atoms with van der Waals surface area (Å²) in [4.78, 5) is 34.9. The molecular formula is C31H32Cl3N3O6. The number of hydrogen-bond acceptors (Lipinski definition) is 9. The minimum Gasteiger partial charge on any atom is -0.507 e. The third-order valence-electron chi connectivity index (χ3n) is 8.09. The number of phenolic OH excluding ortho intramolecular Hbond substituents is 2. The van der Waals surface area contributed by atoms with Crippen molar-refractivity contribution in [2.24, 2.45) is 5.92 Å². The van der Waals surface area contributed by atoms with Gasteiger partial charge < -0.3 is 29.2 Å². The minimum absolute atomic E-state index is 0. The Bertz CT molecular complexity index is 1670. The highest BCUT2D eigenvalue weighted by atomic mass is 35.5. The van der Waals surface area contributed by atoms with Crippen molar-refractivity contribution in [2.45, 2.75) is 24.9 Å². The number of likely N-dealkylation sites (tertiary alicyclic amines) is 1. The first-order chi connectivity index (χ1) is 19.8. The molecule has 0 spiro atoms. The zero-order valence-electron chi connectivity index (χ0n) is 23.3. The van der Waals surface area contributed by atoms with Gasteiger partial charge in [-0.2, -0.15) is 0 Å². The Hall–Kier alpha value is -3.50. The molecule has 2 aromatic carbocycles. The van der Waals surface area contributed by atoms with Crippen LogP contribution in [0.5, 0.6) is 11.5 Å². The summed E-state index contributed by atoms with van der Waals surface area (Å²) in [6, 6.07) is 13.2. The van der Waals surface area contributed by atoms with Crippen molar-refractivity contribution in [3.63, 3.8) is 0 Å². The molecule has 2 saturated heterocycles. The molecule has 43 heavy (non-hydrogen) atoms. The lowest BCUT2D eigenvalue weighted by Gasteiger charge is -2.37. The molecule has 6 rings (SSSR count). The van der Waals surface area contributed by atoms with E-state index in [0.29, 0.717) is 48.6 Å². The lowest BCUT2D eigenvalue weighted by Crippen LogP contribution is -2.44. The summed E-state index contributed by atoms with van der Waals surface area (Å²) < 4.78 is 12.4. The largest absolute Gasteiger partial charge is 0.507 e. The molecule has 0 bridgehead atoms. The van der Waals surface area contributed by atoms with Gasteiger partial charge in [-0.1, -0.05) is 23.7 Å². The van der Waals surface area contributed by atoms with Gasteiger partial charge in [0.15, 0.2) is 5.43 Å². The molecule has 12 heteroatoms. The third-order valence-corrected chi connectivity index (χ3v) is 8.42. The van der Waals surface area contributed by atoms with E-state index in [2.05, 4.69) is 14.8 Å². The number of piperidine rings is 1. The van der Waals surface area contributed by atoms with Crippen molar-refractivity contribution < 1.29 is 24.2 Å². The molecule has 9 nitrogen and oxygen atoms in total. The van der Waals surface area contributed by atoms with Crippen molar-refractivity contribution in [3.8, 4) is 22.8 Å². The van der Waals surface area contributed by atoms with Crippen LogP contribution >= 0.6 is 36.4 Å². The maximum atomic E-state index is 13.4. The van der Waals surface area contributed by atoms with E-state index in [0.717, 1.165) is 18.3 Å². The molecule has 2 fully saturated rings. The predicted octanol–water partition coefficient (Wildman–Crippen LogP) is 5.62. The number of phenols is 2. The number of rotatable bonds is 5. The van der Waals surface area contributed by atoms with Gasteiger partial charge in [-0.3, -0.25) is 14.6 Å². The Balaban J connectivity index is 0.00000212. The van der Waals surface area contributed by atoms with Gasteiger partial charge in [0, 0.05) is 66.9 Å². The van der Waals surface area contributed by atoms with Crippen LogP contribution in [-0.2, 0) is 9.53 Å². The highest BCUT2D eigenvalue weighted by molar-refractivity contribution is 6.33. The molecule has 228 valence electrons. The van der Waals surface area contributed by atoms with Gasteiger partial charge >= 0.3 is 5.97 Å². The van der Waals surface area contributed by atoms with Crippen LogP contribution in [0.2, 0.25) is 5.02 Å². The first-order valence-corrected chi connectivity index (χ1v) is 14.0. The third kappa shape index (κ3) is 6.40. The second-order valence-electron chi connectivity index (χ2n) is 10.8. The zero-order chi connectivity index (χ0) is 28.7. The maximum Gasteiger partial charge on any atom is 0.311 e. The van der Waals surface area contributed by atoms with E-state index in [9.17, 15) is 19.8 Å². The molecule has 2 aliphatic rings. The summed E-state index contributed by atoms with van der Waals surface area (Å²) in [5.41, 5.74) is 1.44. The number of esters is 1. The fourth-order valence-corrected chi connectivity index (χ4v) is 6.21. The number of anilines is 1. The van der Waals surface area contributed by atoms with Crippen molar-refractivity contribution in [1.29, 1.82) is 0 Å². The number of carbonyl (C=O) groups is 1. The zero-order valence-corrected chi connectivity index (χ0v) is 25.7. The smallest absolute Gasteiger partial charge is 0.311 e. The van der Waals surface area contributed by atoms with Crippen LogP contribution in [0, 0.1) is 5.92 Å². The van der Waals surface area contributed by atoms with Gasteiger partial charge in [0.25, 0.3) is 0 Å². The highest BCUT2D eigenvalue weighted by Crippen LogP contribution is 2.44. The van der Waals surface area contributed by atoms with Gasteiger partial charge in [-0.15, -0.1) is 24.8 Å². The monoisotopic (exact) mass is 647 g/mol. The van der Waals surface area contributed by atoms with E-state index in [1.807, 2.05) is 19.2 Å². The Morgan fingerprint density at radius 1 is 1.02 bits per heavy atom. The predicted molar refractivity (Wildman–Crippen MR) is 170 cm³/mol. The van der Waals surface area contributed by atoms with Crippen LogP contribution < -0.4 is 10.3 Å². The van der Waals surface area contributed by atoms with Crippen LogP contribution in [0.1, 0.15) is 24.3 Å². The van der Waals surface area contributed by atoms with Crippen LogP contribution in [0.25, 0.3) is 22.3 Å². The van der Waals surface area contributed by atoms with E-state index in [-0.39, 0.29) is 64.9 Å². The van der Waals surface area contributed by atoms with E-state index in [1.54, 1.807) is 36.7 Å². The quantitative estimate of drug-likeness (QED) is 0.266. The van der Waals surface area contributed by atoms with Gasteiger partial charge in [0.05, 0.1) is 10.9 Å². The van der Waals surface area contributed by atoms with Crippen molar-refractivity contribution in [1.82, 2.24) is 9.88 Å². The topological polar surface area (TPSA) is 116 Å². The number of benzene rings is 2. The van der Waals surface area contributed by atoms with E-state index in [1.165, 1.54) is 6.07 Å². The fraction of sp³-hybridized carbons (Fsp3) is 0.323. The normalized spacial score (nSPS) is 20.3. The first kappa shape index (κ1) is 32.4. The molecule has 3 atom stereocenters. The van der Waals surface area contributed by atoms with Gasteiger partial charge in [0.1, 0.15) is 34.3 Å². The second-order valence-corrected chi connectivity index (χ2v) is 11.2. The fourth-order valence-electron chi connectivity index (χ4n) is 5.98. The number of halogens is 3. The van der Waals surface area contributed by atoms with E-state index in [4.69, 9.17) is 20.8 Å². The Kier molecular flexibility index (Phi) is 10.1. The van der Waals surface area contributed by atoms with Gasteiger partial charge in [0.2, 0.25) is 0 Å². The lowest BCUT2D eigenvalue weighted by atomic mass is 9.85. The second kappa shape index (κ2) is 13.4. The molecular weight excluding hydrogens is 617 g/mol. The van der Waals surface area contributed by atoms with Crippen LogP contribution in [-0.4, -0.2) is 65.4 Å². The standard InChI is InChI=1S/C31H30ClN3O6.2ClH/c1-34-12-9-21(27(17-34)41-31(39)18-8-13-35(16-18)19-6-10-33-11-7-19)28-23(36)14-24(37)29-25(38)15-26(40-30(28)29)20-4-2-3-5-22(20)32;;/h2-7,10-11,14-15,18,21,27,36-37H,8-9,12-13,16-17H2,1H3;2*1H/t18?,21-,27+;;/m0../s1.